The average molecular weight is 352 g/mol. The molecule has 0 atom stereocenters. The van der Waals surface area contributed by atoms with Crippen molar-refractivity contribution in [2.45, 2.75) is 63.3 Å². The molecular weight excluding hydrogens is 322 g/mol. The Morgan fingerprint density at radius 1 is 1.08 bits per heavy atom. The van der Waals surface area contributed by atoms with E-state index < -0.39 is 0 Å². The lowest BCUT2D eigenvalue weighted by Crippen LogP contribution is -2.36. The summed E-state index contributed by atoms with van der Waals surface area (Å²) in [4.78, 5) is 4.65. The van der Waals surface area contributed by atoms with Crippen LogP contribution in [0.2, 0.25) is 0 Å². The minimum absolute atomic E-state index is 0.261. The van der Waals surface area contributed by atoms with E-state index in [2.05, 4.69) is 71.7 Å². The molecule has 2 aliphatic rings. The lowest BCUT2D eigenvalue weighted by atomic mass is 9.69. The quantitative estimate of drug-likeness (QED) is 0.314. The van der Waals surface area contributed by atoms with Crippen LogP contribution in [0.25, 0.3) is 0 Å². The van der Waals surface area contributed by atoms with Gasteiger partial charge >= 0.3 is 0 Å². The second-order valence-electron chi connectivity index (χ2n) is 7.60. The second-order valence-corrected chi connectivity index (χ2v) is 7.79. The van der Waals surface area contributed by atoms with E-state index in [1.807, 2.05) is 0 Å². The maximum Gasteiger partial charge on any atom is 0.110 e. The topological polar surface area (TPSA) is 12.4 Å². The van der Waals surface area contributed by atoms with Crippen molar-refractivity contribution >= 4 is 17.4 Å². The Labute approximate surface area is 157 Å². The Kier molecular flexibility index (Phi) is 6.39. The van der Waals surface area contributed by atoms with Crippen molar-refractivity contribution in [1.29, 1.82) is 0 Å². The van der Waals surface area contributed by atoms with E-state index >= 15 is 0 Å². The molecule has 25 heavy (non-hydrogen) atoms. The molecule has 1 nitrogen and oxygen atoms in total. The predicted molar refractivity (Wildman–Crippen MR) is 110 cm³/mol. The monoisotopic (exact) mass is 351 g/mol. The van der Waals surface area contributed by atoms with Crippen LogP contribution in [0.5, 0.6) is 0 Å². The van der Waals surface area contributed by atoms with Crippen LogP contribution in [0.4, 0.5) is 0 Å². The minimum Gasteiger partial charge on any atom is -0.217 e. The molecule has 0 saturated heterocycles. The summed E-state index contributed by atoms with van der Waals surface area (Å²) in [5.41, 5.74) is 1.07. The molecule has 1 fully saturated rings. The summed E-state index contributed by atoms with van der Waals surface area (Å²) in [5, 5.41) is 2.68. The van der Waals surface area contributed by atoms with Gasteiger partial charge in [-0.05, 0) is 42.5 Å². The first-order valence-electron chi connectivity index (χ1n) is 9.80. The number of rotatable bonds is 6. The summed E-state index contributed by atoms with van der Waals surface area (Å²) < 4.78 is 0. The van der Waals surface area contributed by atoms with Gasteiger partial charge in [0.05, 0.1) is 5.16 Å². The molecule has 0 aromatic heterocycles. The Balaban J connectivity index is 1.70. The molecule has 0 aliphatic heterocycles. The average Bonchev–Trinajstić information content (AvgIpc) is 2.68. The summed E-state index contributed by atoms with van der Waals surface area (Å²) in [5.74, 6) is 1.82. The maximum atomic E-state index is 4.99. The smallest absolute Gasteiger partial charge is 0.110 e. The fraction of sp³-hybridized carbons (Fsp3) is 0.522. The van der Waals surface area contributed by atoms with E-state index in [0.29, 0.717) is 11.8 Å². The first-order valence-corrected chi connectivity index (χ1v) is 10.2. The Hall–Kier alpha value is -1.50. The number of benzene rings is 1. The molecule has 3 rings (SSSR count). The molecule has 1 aromatic carbocycles. The molecule has 0 radical (unpaired) electrons. The van der Waals surface area contributed by atoms with Gasteiger partial charge in [0.1, 0.15) is 5.54 Å². The first-order chi connectivity index (χ1) is 12.3. The number of isothiocyanates is 1. The predicted octanol–water partition coefficient (Wildman–Crippen LogP) is 6.73. The third-order valence-corrected chi connectivity index (χ3v) is 6.12. The number of hydrogen-bond acceptors (Lipinski definition) is 2. The van der Waals surface area contributed by atoms with Gasteiger partial charge in [0.2, 0.25) is 0 Å². The second kappa shape index (κ2) is 8.74. The lowest BCUT2D eigenvalue weighted by molar-refractivity contribution is 0.220. The summed E-state index contributed by atoms with van der Waals surface area (Å²) >= 11 is 4.99. The molecule has 2 heteroatoms. The zero-order valence-corrected chi connectivity index (χ0v) is 16.0. The van der Waals surface area contributed by atoms with Gasteiger partial charge in [0.25, 0.3) is 0 Å². The van der Waals surface area contributed by atoms with Gasteiger partial charge in [-0.15, -0.1) is 0 Å². The van der Waals surface area contributed by atoms with Crippen molar-refractivity contribution in [2.24, 2.45) is 16.8 Å². The van der Waals surface area contributed by atoms with E-state index in [1.54, 1.807) is 0 Å². The van der Waals surface area contributed by atoms with Crippen LogP contribution in [0.15, 0.2) is 59.6 Å². The highest BCUT2D eigenvalue weighted by atomic mass is 32.1. The fourth-order valence-electron chi connectivity index (χ4n) is 4.46. The lowest BCUT2D eigenvalue weighted by Gasteiger charge is -2.39. The number of aliphatic imine (C=N–C) groups is 1. The van der Waals surface area contributed by atoms with Crippen molar-refractivity contribution in [3.05, 3.63) is 60.2 Å². The maximum absolute atomic E-state index is 4.99. The van der Waals surface area contributed by atoms with Crippen molar-refractivity contribution < 1.29 is 0 Å². The molecule has 0 heterocycles. The van der Waals surface area contributed by atoms with Gasteiger partial charge < -0.3 is 0 Å². The normalized spacial score (nSPS) is 31.5. The zero-order chi connectivity index (χ0) is 17.5. The molecular formula is C23H29NS. The van der Waals surface area contributed by atoms with Crippen LogP contribution in [-0.2, 0) is 0 Å². The van der Waals surface area contributed by atoms with Gasteiger partial charge in [-0.1, -0.05) is 93.7 Å². The van der Waals surface area contributed by atoms with Crippen LogP contribution < -0.4 is 0 Å². The van der Waals surface area contributed by atoms with Crippen LogP contribution in [0.3, 0.4) is 0 Å². The zero-order valence-electron chi connectivity index (χ0n) is 15.2. The van der Waals surface area contributed by atoms with Crippen molar-refractivity contribution in [2.75, 3.05) is 0 Å². The fourth-order valence-corrected chi connectivity index (χ4v) is 4.61. The van der Waals surface area contributed by atoms with E-state index in [9.17, 15) is 0 Å². The molecule has 0 N–H and O–H groups in total. The van der Waals surface area contributed by atoms with Crippen LogP contribution >= 0.6 is 12.2 Å². The minimum atomic E-state index is -0.261. The number of hydrogen-bond donors (Lipinski definition) is 0. The van der Waals surface area contributed by atoms with Crippen molar-refractivity contribution in [3.63, 3.8) is 0 Å². The molecule has 2 aliphatic carbocycles. The van der Waals surface area contributed by atoms with Crippen molar-refractivity contribution in [3.8, 4) is 0 Å². The Bertz CT molecular complexity index is 632. The molecule has 132 valence electrons. The van der Waals surface area contributed by atoms with Gasteiger partial charge in [-0.2, -0.15) is 0 Å². The highest BCUT2D eigenvalue weighted by molar-refractivity contribution is 7.78. The molecule has 0 amide bonds. The Morgan fingerprint density at radius 2 is 1.76 bits per heavy atom. The molecule has 0 unspecified atom stereocenters. The van der Waals surface area contributed by atoms with E-state index in [-0.39, 0.29) is 5.54 Å². The number of allylic oxidation sites excluding steroid dienone is 2. The van der Waals surface area contributed by atoms with Crippen LogP contribution in [0, 0.1) is 11.8 Å². The van der Waals surface area contributed by atoms with Gasteiger partial charge in [-0.3, -0.25) is 0 Å². The number of unbranched alkanes of at least 4 members (excludes halogenated alkanes) is 1. The molecule has 0 bridgehead atoms. The number of thiocarbonyl (C=S) groups is 1. The third-order valence-electron chi connectivity index (χ3n) is 6.03. The molecule has 1 saturated carbocycles. The van der Waals surface area contributed by atoms with Gasteiger partial charge in [0, 0.05) is 5.92 Å². The standard InChI is InChI=1S/C23H29NS/c1-2-3-7-19-10-12-22(13-11-19)23(24-18-25)16-14-21(15-17-23)20-8-5-4-6-9-20/h4-6,8-9,14-17,19,21-22H,2-3,7,10-13H2,1H3. The van der Waals surface area contributed by atoms with E-state index in [4.69, 9.17) is 12.2 Å². The highest BCUT2D eigenvalue weighted by Gasteiger charge is 2.38. The largest absolute Gasteiger partial charge is 0.217 e. The van der Waals surface area contributed by atoms with Crippen LogP contribution in [0.1, 0.15) is 63.4 Å². The molecule has 1 aromatic rings. The van der Waals surface area contributed by atoms with Gasteiger partial charge in [-0.25, -0.2) is 4.99 Å². The van der Waals surface area contributed by atoms with E-state index in [1.165, 1.54) is 50.5 Å². The van der Waals surface area contributed by atoms with Gasteiger partial charge in [0.15, 0.2) is 0 Å². The SMILES string of the molecule is CCCCC1CCC(C2(N=C=S)C=CC(c3ccccc3)C=C2)CC1. The first kappa shape index (κ1) is 18.3. The summed E-state index contributed by atoms with van der Waals surface area (Å²) in [7, 11) is 0. The number of nitrogens with zero attached hydrogens (tertiary/aromatic N) is 1. The van der Waals surface area contributed by atoms with Crippen molar-refractivity contribution in [1.82, 2.24) is 0 Å². The van der Waals surface area contributed by atoms with E-state index in [0.717, 1.165) is 5.92 Å². The summed E-state index contributed by atoms with van der Waals surface area (Å²) in [6.45, 7) is 2.29. The Morgan fingerprint density at radius 3 is 2.36 bits per heavy atom. The third kappa shape index (κ3) is 4.37. The molecule has 0 spiro atoms. The van der Waals surface area contributed by atoms with Crippen LogP contribution in [-0.4, -0.2) is 10.7 Å². The highest BCUT2D eigenvalue weighted by Crippen LogP contribution is 2.43. The summed E-state index contributed by atoms with van der Waals surface area (Å²) in [6.07, 6.45) is 18.4. The summed E-state index contributed by atoms with van der Waals surface area (Å²) in [6, 6.07) is 10.6.